The molecule has 90 valence electrons. The van der Waals surface area contributed by atoms with Crippen molar-refractivity contribution in [2.24, 2.45) is 0 Å². The topological polar surface area (TPSA) is 74.2 Å². The number of fused-ring (bicyclic) bond motifs is 1. The first-order valence-electron chi connectivity index (χ1n) is 4.83. The average molecular weight is 266 g/mol. The maximum Gasteiger partial charge on any atom is 0.353 e. The predicted molar refractivity (Wildman–Crippen MR) is 61.3 cm³/mol. The second kappa shape index (κ2) is 4.27. The first-order valence-corrected chi connectivity index (χ1v) is 6.50. The van der Waals surface area contributed by atoms with E-state index in [4.69, 9.17) is 35.8 Å². The first kappa shape index (κ1) is 12.3. The van der Waals surface area contributed by atoms with Crippen molar-refractivity contribution in [1.82, 2.24) is 0 Å². The summed E-state index contributed by atoms with van der Waals surface area (Å²) in [6, 6.07) is -0.194. The Balaban J connectivity index is 2.10. The molecule has 2 heterocycles. The minimum Gasteiger partial charge on any atom is -0.448 e. The van der Waals surface area contributed by atoms with Gasteiger partial charge in [-0.2, -0.15) is 0 Å². The molecular weight excluding hydrogens is 254 g/mol. The molecule has 1 N–H and O–H groups in total. The quantitative estimate of drug-likeness (QED) is 0.407. The van der Waals surface area contributed by atoms with Crippen molar-refractivity contribution in [3.8, 4) is 0 Å². The van der Waals surface area contributed by atoms with Gasteiger partial charge in [-0.1, -0.05) is 0 Å². The van der Waals surface area contributed by atoms with Gasteiger partial charge < -0.3 is 23.6 Å². The average Bonchev–Trinajstić information content (AvgIpc) is 2.66. The van der Waals surface area contributed by atoms with E-state index >= 15 is 0 Å². The maximum atomic E-state index is 10.5. The smallest absolute Gasteiger partial charge is 0.353 e. The van der Waals surface area contributed by atoms with Crippen LogP contribution in [0.2, 0.25) is 0 Å². The third kappa shape index (κ3) is 2.12. The van der Waals surface area contributed by atoms with Gasteiger partial charge >= 0.3 is 13.5 Å². The fourth-order valence-electron chi connectivity index (χ4n) is 2.07. The van der Waals surface area contributed by atoms with Gasteiger partial charge in [-0.15, -0.1) is 0 Å². The van der Waals surface area contributed by atoms with Crippen molar-refractivity contribution in [2.45, 2.75) is 30.7 Å². The molecule has 9 heteroatoms. The van der Waals surface area contributed by atoms with E-state index in [9.17, 15) is 4.57 Å². The zero-order valence-electron chi connectivity index (χ0n) is 8.84. The first-order chi connectivity index (χ1) is 7.42. The second-order valence-corrected chi connectivity index (χ2v) is 5.21. The van der Waals surface area contributed by atoms with Crippen LogP contribution in [0.15, 0.2) is 0 Å². The number of thiocarbonyl (C=S) groups is 1. The number of hydrogen-bond acceptors (Lipinski definition) is 6. The van der Waals surface area contributed by atoms with Gasteiger partial charge in [-0.3, -0.25) is 4.57 Å². The highest BCUT2D eigenvalue weighted by Crippen LogP contribution is 2.39. The van der Waals surface area contributed by atoms with Gasteiger partial charge in [0.1, 0.15) is 13.4 Å². The van der Waals surface area contributed by atoms with Crippen molar-refractivity contribution in [3.63, 3.8) is 0 Å². The highest BCUT2D eigenvalue weighted by atomic mass is 32.1. The van der Waals surface area contributed by atoms with Gasteiger partial charge in [-0.05, 0) is 6.92 Å². The lowest BCUT2D eigenvalue weighted by molar-refractivity contribution is -0.0749. The van der Waals surface area contributed by atoms with Crippen molar-refractivity contribution in [1.29, 1.82) is 0 Å². The van der Waals surface area contributed by atoms with E-state index in [1.807, 2.05) is 7.85 Å². The Labute approximate surface area is 99.6 Å². The third-order valence-corrected chi connectivity index (χ3v) is 3.34. The Bertz CT molecular complexity index is 341. The van der Waals surface area contributed by atoms with Crippen LogP contribution in [-0.4, -0.2) is 48.4 Å². The molecule has 5 unspecified atom stereocenters. The summed E-state index contributed by atoms with van der Waals surface area (Å²) in [7, 11) is -1.14. The van der Waals surface area contributed by atoms with Crippen LogP contribution in [0.5, 0.6) is 0 Å². The van der Waals surface area contributed by atoms with E-state index < -0.39 is 20.0 Å². The molecule has 0 aromatic rings. The zero-order chi connectivity index (χ0) is 11.9. The molecule has 0 bridgehead atoms. The fraction of sp³-hybridized carbons (Fsp3) is 0.857. The minimum absolute atomic E-state index is 0.0290. The molecule has 0 saturated carbocycles. The van der Waals surface area contributed by atoms with Gasteiger partial charge in [0.2, 0.25) is 0 Å². The molecule has 5 atom stereocenters. The van der Waals surface area contributed by atoms with Crippen molar-refractivity contribution in [2.75, 3.05) is 6.61 Å². The Hall–Kier alpha value is -0.135. The monoisotopic (exact) mass is 266 g/mol. The molecule has 2 aliphatic heterocycles. The molecular formula is C7H12BO6PS. The van der Waals surface area contributed by atoms with Crippen molar-refractivity contribution >= 4 is 33.6 Å². The van der Waals surface area contributed by atoms with Crippen molar-refractivity contribution in [3.05, 3.63) is 0 Å². The third-order valence-electron chi connectivity index (χ3n) is 2.76. The van der Waals surface area contributed by atoms with Crippen molar-refractivity contribution < 1.29 is 28.2 Å². The van der Waals surface area contributed by atoms with E-state index in [-0.39, 0.29) is 24.0 Å². The highest BCUT2D eigenvalue weighted by molar-refractivity contribution is 7.79. The van der Waals surface area contributed by atoms with Crippen LogP contribution in [-0.2, 0) is 23.3 Å². The van der Waals surface area contributed by atoms with Gasteiger partial charge in [0.05, 0.1) is 12.6 Å². The van der Waals surface area contributed by atoms with E-state index in [1.165, 1.54) is 0 Å². The summed E-state index contributed by atoms with van der Waals surface area (Å²) in [6.07, 6.45) is -0.668. The van der Waals surface area contributed by atoms with Crippen LogP contribution in [0.4, 0.5) is 0 Å². The number of ether oxygens (including phenoxy) is 3. The van der Waals surface area contributed by atoms with E-state index in [2.05, 4.69) is 0 Å². The molecule has 2 rings (SSSR count). The van der Waals surface area contributed by atoms with Crippen LogP contribution >= 0.6 is 20.5 Å². The zero-order valence-corrected chi connectivity index (χ0v) is 10.7. The number of rotatable bonds is 3. The molecule has 0 spiro atoms. The van der Waals surface area contributed by atoms with E-state index in [1.54, 1.807) is 6.92 Å². The Morgan fingerprint density at radius 1 is 1.69 bits per heavy atom. The number of hydrogen-bond donors (Lipinski definition) is 1. The summed E-state index contributed by atoms with van der Waals surface area (Å²) in [4.78, 5) is 8.66. The van der Waals surface area contributed by atoms with Crippen LogP contribution in [0.1, 0.15) is 6.92 Å². The highest BCUT2D eigenvalue weighted by Gasteiger charge is 2.58. The van der Waals surface area contributed by atoms with Gasteiger partial charge in [-0.25, -0.2) is 0 Å². The van der Waals surface area contributed by atoms with Crippen LogP contribution in [0.3, 0.4) is 0 Å². The molecule has 0 aromatic carbocycles. The summed E-state index contributed by atoms with van der Waals surface area (Å²) in [6.45, 7) is 1.72. The second-order valence-electron chi connectivity index (χ2n) is 4.06. The van der Waals surface area contributed by atoms with Crippen LogP contribution < -0.4 is 0 Å². The Morgan fingerprint density at radius 3 is 3.00 bits per heavy atom. The normalized spacial score (nSPS) is 43.6. The predicted octanol–water partition coefficient (Wildman–Crippen LogP) is -0.798. The summed E-state index contributed by atoms with van der Waals surface area (Å²) in [5, 5.41) is 0.0908. The molecule has 6 nitrogen and oxygen atoms in total. The van der Waals surface area contributed by atoms with E-state index in [0.29, 0.717) is 0 Å². The largest absolute Gasteiger partial charge is 0.448 e. The summed E-state index contributed by atoms with van der Waals surface area (Å²) in [5.74, 6) is 0. The Kier molecular flexibility index (Phi) is 3.29. The molecule has 16 heavy (non-hydrogen) atoms. The van der Waals surface area contributed by atoms with Crippen LogP contribution in [0, 0.1) is 0 Å². The Morgan fingerprint density at radius 2 is 2.38 bits per heavy atom. The van der Waals surface area contributed by atoms with Crippen LogP contribution in [0.25, 0.3) is 0 Å². The summed E-state index contributed by atoms with van der Waals surface area (Å²) in [5.41, 5.74) is -0.812. The molecule has 0 aromatic heterocycles. The van der Waals surface area contributed by atoms with Gasteiger partial charge in [0.25, 0.3) is 0 Å². The van der Waals surface area contributed by atoms with Gasteiger partial charge in [0.15, 0.2) is 12.2 Å². The molecule has 2 aliphatic rings. The molecule has 0 aliphatic carbocycles. The maximum absolute atomic E-state index is 10.5. The standard InChI is InChI=1S/C7H12BO6PS/c1-7(2-11-15(9)10)4-3(5(8)14-7)12-6(16)13-4/h3-5,15H,2,8H2,1H3,(H,9,10). The molecule has 2 fully saturated rings. The van der Waals surface area contributed by atoms with E-state index in [0.717, 1.165) is 0 Å². The summed E-state index contributed by atoms with van der Waals surface area (Å²) >= 11 is 4.82. The lowest BCUT2D eigenvalue weighted by Gasteiger charge is -2.27. The molecule has 2 saturated heterocycles. The van der Waals surface area contributed by atoms with Gasteiger partial charge in [0, 0.05) is 12.2 Å². The minimum atomic E-state index is -2.98. The molecule has 0 radical (unpaired) electrons. The fourth-order valence-corrected chi connectivity index (χ4v) is 2.69. The molecule has 0 amide bonds. The SMILES string of the molecule is BC1OC(C)(CO[PH](=O)O)C2OC(=S)OC12. The lowest BCUT2D eigenvalue weighted by Crippen LogP contribution is -2.43. The lowest BCUT2D eigenvalue weighted by atomic mass is 9.90. The summed E-state index contributed by atoms with van der Waals surface area (Å²) < 4.78 is 31.5.